The second kappa shape index (κ2) is 5.68. The van der Waals surface area contributed by atoms with Crippen molar-refractivity contribution >= 4 is 0 Å². The second-order valence-electron chi connectivity index (χ2n) is 6.45. The monoisotopic (exact) mass is 242 g/mol. The van der Waals surface area contributed by atoms with Crippen LogP contribution in [0, 0.1) is 5.41 Å². The van der Waals surface area contributed by atoms with Gasteiger partial charge in [-0.1, -0.05) is 20.3 Å². The van der Waals surface area contributed by atoms with Gasteiger partial charge >= 0.3 is 0 Å². The molecule has 1 saturated heterocycles. The fourth-order valence-electron chi connectivity index (χ4n) is 2.71. The predicted octanol–water partition coefficient (Wildman–Crippen LogP) is 1.99. The lowest BCUT2D eigenvalue weighted by atomic mass is 9.77. The van der Waals surface area contributed by atoms with E-state index in [0.717, 1.165) is 19.5 Å². The van der Waals surface area contributed by atoms with Gasteiger partial charge in [-0.15, -0.1) is 0 Å². The van der Waals surface area contributed by atoms with E-state index in [2.05, 4.69) is 25.7 Å². The standard InChI is InChI=1S/C14H30N2O/c1-5-13(3)6-8-16(9-7-13)12(2)10-14(4,17)11-15/h12,17H,5-11,15H2,1-4H3. The first kappa shape index (κ1) is 14.9. The molecule has 3 heteroatoms. The maximum atomic E-state index is 10.0. The summed E-state index contributed by atoms with van der Waals surface area (Å²) in [5.41, 5.74) is 5.40. The SMILES string of the molecule is CCC1(C)CCN(C(C)CC(C)(O)CN)CC1. The number of piperidine rings is 1. The van der Waals surface area contributed by atoms with E-state index in [4.69, 9.17) is 5.73 Å². The lowest BCUT2D eigenvalue weighted by Crippen LogP contribution is -2.47. The molecule has 1 rings (SSSR count). The molecule has 2 unspecified atom stereocenters. The number of hydrogen-bond acceptors (Lipinski definition) is 3. The summed E-state index contributed by atoms with van der Waals surface area (Å²) in [6.07, 6.45) is 4.60. The van der Waals surface area contributed by atoms with Gasteiger partial charge in [0.1, 0.15) is 0 Å². The number of nitrogens with zero attached hydrogens (tertiary/aromatic N) is 1. The van der Waals surface area contributed by atoms with Crippen LogP contribution in [0.3, 0.4) is 0 Å². The van der Waals surface area contributed by atoms with Crippen LogP contribution in [0.25, 0.3) is 0 Å². The summed E-state index contributed by atoms with van der Waals surface area (Å²) >= 11 is 0. The van der Waals surface area contributed by atoms with Crippen LogP contribution < -0.4 is 5.73 Å². The van der Waals surface area contributed by atoms with Crippen molar-refractivity contribution in [1.82, 2.24) is 4.90 Å². The van der Waals surface area contributed by atoms with E-state index in [1.807, 2.05) is 6.92 Å². The van der Waals surface area contributed by atoms with Gasteiger partial charge < -0.3 is 15.7 Å². The molecule has 0 aromatic heterocycles. The molecule has 17 heavy (non-hydrogen) atoms. The summed E-state index contributed by atoms with van der Waals surface area (Å²) in [6.45, 7) is 11.4. The summed E-state index contributed by atoms with van der Waals surface area (Å²) < 4.78 is 0. The van der Waals surface area contributed by atoms with E-state index < -0.39 is 5.60 Å². The molecule has 3 nitrogen and oxygen atoms in total. The highest BCUT2D eigenvalue weighted by Crippen LogP contribution is 2.35. The minimum atomic E-state index is -0.717. The van der Waals surface area contributed by atoms with Crippen molar-refractivity contribution < 1.29 is 5.11 Å². The first-order valence-electron chi connectivity index (χ1n) is 6.98. The third-order valence-electron chi connectivity index (χ3n) is 4.66. The third kappa shape index (κ3) is 4.23. The number of likely N-dealkylation sites (tertiary alicyclic amines) is 1. The van der Waals surface area contributed by atoms with Crippen LogP contribution in [0.4, 0.5) is 0 Å². The van der Waals surface area contributed by atoms with Gasteiger partial charge in [0.05, 0.1) is 5.60 Å². The van der Waals surface area contributed by atoms with Crippen LogP contribution in [0.2, 0.25) is 0 Å². The van der Waals surface area contributed by atoms with Crippen LogP contribution >= 0.6 is 0 Å². The molecule has 0 aromatic carbocycles. The minimum Gasteiger partial charge on any atom is -0.389 e. The fourth-order valence-corrected chi connectivity index (χ4v) is 2.71. The van der Waals surface area contributed by atoms with Gasteiger partial charge in [-0.05, 0) is 51.6 Å². The van der Waals surface area contributed by atoms with Crippen molar-refractivity contribution in [3.63, 3.8) is 0 Å². The maximum absolute atomic E-state index is 10.0. The Hall–Kier alpha value is -0.120. The Labute approximate surface area is 106 Å². The lowest BCUT2D eigenvalue weighted by Gasteiger charge is -2.42. The molecule has 3 N–H and O–H groups in total. The van der Waals surface area contributed by atoms with Crippen LogP contribution in [-0.2, 0) is 0 Å². The molecule has 1 heterocycles. The minimum absolute atomic E-state index is 0.345. The van der Waals surface area contributed by atoms with Gasteiger partial charge in [-0.3, -0.25) is 0 Å². The molecule has 102 valence electrons. The van der Waals surface area contributed by atoms with Crippen molar-refractivity contribution in [2.24, 2.45) is 11.1 Å². The number of aliphatic hydroxyl groups is 1. The summed E-state index contributed by atoms with van der Waals surface area (Å²) in [6, 6.07) is 0.426. The van der Waals surface area contributed by atoms with Crippen LogP contribution in [0.15, 0.2) is 0 Å². The molecule has 0 spiro atoms. The van der Waals surface area contributed by atoms with Crippen molar-refractivity contribution in [3.05, 3.63) is 0 Å². The predicted molar refractivity (Wildman–Crippen MR) is 73.0 cm³/mol. The molecule has 1 aliphatic rings. The Morgan fingerprint density at radius 2 is 1.94 bits per heavy atom. The Balaban J connectivity index is 2.43. The average molecular weight is 242 g/mol. The van der Waals surface area contributed by atoms with E-state index in [-0.39, 0.29) is 0 Å². The molecule has 0 bridgehead atoms. The van der Waals surface area contributed by atoms with Gasteiger partial charge in [0, 0.05) is 12.6 Å². The van der Waals surface area contributed by atoms with Gasteiger partial charge in [0.25, 0.3) is 0 Å². The molecule has 0 saturated carbocycles. The maximum Gasteiger partial charge on any atom is 0.0756 e. The van der Waals surface area contributed by atoms with E-state index in [1.165, 1.54) is 19.3 Å². The third-order valence-corrected chi connectivity index (χ3v) is 4.66. The number of nitrogens with two attached hydrogens (primary N) is 1. The normalized spacial score (nSPS) is 26.5. The van der Waals surface area contributed by atoms with Crippen molar-refractivity contribution in [3.8, 4) is 0 Å². The van der Waals surface area contributed by atoms with Gasteiger partial charge in [0.15, 0.2) is 0 Å². The quantitative estimate of drug-likeness (QED) is 0.775. The first-order valence-corrected chi connectivity index (χ1v) is 6.98. The zero-order valence-electron chi connectivity index (χ0n) is 12.0. The van der Waals surface area contributed by atoms with E-state index in [1.54, 1.807) is 0 Å². The van der Waals surface area contributed by atoms with Gasteiger partial charge in [0.2, 0.25) is 0 Å². The summed E-state index contributed by atoms with van der Waals surface area (Å²) in [5.74, 6) is 0. The van der Waals surface area contributed by atoms with Gasteiger partial charge in [-0.2, -0.15) is 0 Å². The summed E-state index contributed by atoms with van der Waals surface area (Å²) in [7, 11) is 0. The number of rotatable bonds is 5. The van der Waals surface area contributed by atoms with Crippen molar-refractivity contribution in [1.29, 1.82) is 0 Å². The molecule has 1 fully saturated rings. The summed E-state index contributed by atoms with van der Waals surface area (Å²) in [4.78, 5) is 2.50. The average Bonchev–Trinajstić information content (AvgIpc) is 2.29. The molecular weight excluding hydrogens is 212 g/mol. The van der Waals surface area contributed by atoms with E-state index in [0.29, 0.717) is 18.0 Å². The molecule has 0 radical (unpaired) electrons. The highest BCUT2D eigenvalue weighted by molar-refractivity contribution is 4.86. The molecule has 0 aromatic rings. The number of hydrogen-bond donors (Lipinski definition) is 2. The highest BCUT2D eigenvalue weighted by Gasteiger charge is 2.32. The second-order valence-corrected chi connectivity index (χ2v) is 6.45. The van der Waals surface area contributed by atoms with Crippen LogP contribution in [0.5, 0.6) is 0 Å². The Morgan fingerprint density at radius 3 is 2.35 bits per heavy atom. The highest BCUT2D eigenvalue weighted by atomic mass is 16.3. The van der Waals surface area contributed by atoms with Crippen LogP contribution in [0.1, 0.15) is 53.4 Å². The smallest absolute Gasteiger partial charge is 0.0756 e. The Bertz CT molecular complexity index is 232. The zero-order chi connectivity index (χ0) is 13.1. The van der Waals surface area contributed by atoms with Crippen molar-refractivity contribution in [2.75, 3.05) is 19.6 Å². The van der Waals surface area contributed by atoms with E-state index in [9.17, 15) is 5.11 Å². The van der Waals surface area contributed by atoms with Gasteiger partial charge in [-0.25, -0.2) is 0 Å². The Kier molecular flexibility index (Phi) is 4.99. The molecular formula is C14H30N2O. The molecule has 2 atom stereocenters. The lowest BCUT2D eigenvalue weighted by molar-refractivity contribution is 0.0121. The van der Waals surface area contributed by atoms with Crippen LogP contribution in [-0.4, -0.2) is 41.3 Å². The molecule has 0 aliphatic carbocycles. The molecule has 0 amide bonds. The Morgan fingerprint density at radius 1 is 1.41 bits per heavy atom. The molecule has 1 aliphatic heterocycles. The largest absolute Gasteiger partial charge is 0.389 e. The summed E-state index contributed by atoms with van der Waals surface area (Å²) in [5, 5.41) is 10.0. The first-order chi connectivity index (χ1) is 7.82. The fraction of sp³-hybridized carbons (Fsp3) is 1.00. The topological polar surface area (TPSA) is 49.5 Å². The van der Waals surface area contributed by atoms with Crippen molar-refractivity contribution in [2.45, 2.75) is 65.0 Å². The zero-order valence-corrected chi connectivity index (χ0v) is 12.0. The van der Waals surface area contributed by atoms with E-state index >= 15 is 0 Å².